The van der Waals surface area contributed by atoms with Crippen molar-refractivity contribution in [2.75, 3.05) is 13.2 Å². The van der Waals surface area contributed by atoms with E-state index in [0.717, 1.165) is 6.42 Å². The van der Waals surface area contributed by atoms with Crippen molar-refractivity contribution < 1.29 is 19.5 Å². The van der Waals surface area contributed by atoms with Crippen LogP contribution in [0.15, 0.2) is 0 Å². The molecule has 2 heterocycles. The molecule has 1 aromatic carbocycles. The average Bonchev–Trinajstić information content (AvgIpc) is 2.39. The van der Waals surface area contributed by atoms with E-state index >= 15 is 0 Å². The summed E-state index contributed by atoms with van der Waals surface area (Å²) in [5.41, 5.74) is 0.940. The molecule has 2 aliphatic heterocycles. The minimum absolute atomic E-state index is 0.0185. The summed E-state index contributed by atoms with van der Waals surface area (Å²) >= 11 is 0. The number of nitro benzene ring substituents is 1. The molecule has 0 spiro atoms. The van der Waals surface area contributed by atoms with Crippen LogP contribution < -0.4 is 9.47 Å². The van der Waals surface area contributed by atoms with E-state index in [0.29, 0.717) is 43.6 Å². The highest BCUT2D eigenvalue weighted by molar-refractivity contribution is 5.70. The van der Waals surface area contributed by atoms with Gasteiger partial charge in [0.15, 0.2) is 11.5 Å². The van der Waals surface area contributed by atoms with E-state index < -0.39 is 4.92 Å². The zero-order valence-electron chi connectivity index (χ0n) is 9.77. The zero-order chi connectivity index (χ0) is 12.7. The standard InChI is InChI=1S/C12H13NO5/c14-10-8-4-2-5-17-11(8)9(13(15)16)7-3-1-6-18-12(7)10/h14H,1-6H2. The lowest BCUT2D eigenvalue weighted by Gasteiger charge is -2.24. The van der Waals surface area contributed by atoms with Crippen LogP contribution in [0.1, 0.15) is 24.0 Å². The number of rotatable bonds is 1. The number of hydrogen-bond donors (Lipinski definition) is 1. The van der Waals surface area contributed by atoms with Gasteiger partial charge >= 0.3 is 5.69 Å². The third-order valence-electron chi connectivity index (χ3n) is 3.37. The smallest absolute Gasteiger partial charge is 0.318 e. The van der Waals surface area contributed by atoms with Crippen molar-refractivity contribution in [1.82, 2.24) is 0 Å². The van der Waals surface area contributed by atoms with Crippen molar-refractivity contribution >= 4 is 5.69 Å². The van der Waals surface area contributed by atoms with E-state index in [1.165, 1.54) is 0 Å². The molecule has 0 unspecified atom stereocenters. The van der Waals surface area contributed by atoms with Crippen molar-refractivity contribution in [3.8, 4) is 17.2 Å². The Hall–Kier alpha value is -1.98. The molecular weight excluding hydrogens is 238 g/mol. The fourth-order valence-electron chi connectivity index (χ4n) is 2.59. The van der Waals surface area contributed by atoms with Gasteiger partial charge in [0, 0.05) is 5.56 Å². The fourth-order valence-corrected chi connectivity index (χ4v) is 2.59. The zero-order valence-corrected chi connectivity index (χ0v) is 9.77. The van der Waals surface area contributed by atoms with Gasteiger partial charge in [-0.3, -0.25) is 10.1 Å². The first-order valence-electron chi connectivity index (χ1n) is 6.01. The number of fused-ring (bicyclic) bond motifs is 2. The van der Waals surface area contributed by atoms with E-state index in [-0.39, 0.29) is 22.9 Å². The number of phenolic OH excluding ortho intramolecular Hbond substituents is 1. The third-order valence-corrected chi connectivity index (χ3v) is 3.37. The van der Waals surface area contributed by atoms with Crippen molar-refractivity contribution in [1.29, 1.82) is 0 Å². The van der Waals surface area contributed by atoms with Gasteiger partial charge in [0.2, 0.25) is 5.75 Å². The van der Waals surface area contributed by atoms with Crippen molar-refractivity contribution in [3.63, 3.8) is 0 Å². The Labute approximate surface area is 103 Å². The van der Waals surface area contributed by atoms with Crippen LogP contribution in [-0.4, -0.2) is 23.2 Å². The lowest BCUT2D eigenvalue weighted by Crippen LogP contribution is -2.16. The molecule has 0 aromatic heterocycles. The van der Waals surface area contributed by atoms with E-state index in [4.69, 9.17) is 9.47 Å². The third kappa shape index (κ3) is 1.48. The van der Waals surface area contributed by atoms with Crippen LogP contribution in [0.2, 0.25) is 0 Å². The second kappa shape index (κ2) is 4.04. The van der Waals surface area contributed by atoms with Gasteiger partial charge in [0.1, 0.15) is 0 Å². The Morgan fingerprint density at radius 1 is 1.06 bits per heavy atom. The second-order valence-corrected chi connectivity index (χ2v) is 4.47. The SMILES string of the molecule is O=[N+]([O-])c1c2c(c(O)c3c1OCCC3)OCCC2. The molecular formula is C12H13NO5. The normalized spacial score (nSPS) is 17.1. The molecule has 96 valence electrons. The largest absolute Gasteiger partial charge is 0.504 e. The highest BCUT2D eigenvalue weighted by Crippen LogP contribution is 2.50. The van der Waals surface area contributed by atoms with Crippen LogP contribution in [0.5, 0.6) is 17.2 Å². The Morgan fingerprint density at radius 3 is 2.33 bits per heavy atom. The van der Waals surface area contributed by atoms with Crippen LogP contribution in [0.3, 0.4) is 0 Å². The summed E-state index contributed by atoms with van der Waals surface area (Å²) in [4.78, 5) is 10.8. The summed E-state index contributed by atoms with van der Waals surface area (Å²) in [6, 6.07) is 0. The molecule has 18 heavy (non-hydrogen) atoms. The molecule has 2 aliphatic rings. The van der Waals surface area contributed by atoms with Crippen LogP contribution >= 0.6 is 0 Å². The predicted octanol–water partition coefficient (Wildman–Crippen LogP) is 1.95. The highest BCUT2D eigenvalue weighted by atomic mass is 16.6. The predicted molar refractivity (Wildman–Crippen MR) is 62.4 cm³/mol. The molecule has 6 nitrogen and oxygen atoms in total. The van der Waals surface area contributed by atoms with E-state index in [9.17, 15) is 15.2 Å². The molecule has 1 aromatic rings. The summed E-state index contributed by atoms with van der Waals surface area (Å²) < 4.78 is 10.8. The molecule has 0 radical (unpaired) electrons. The summed E-state index contributed by atoms with van der Waals surface area (Å²) in [5, 5.41) is 21.4. The monoisotopic (exact) mass is 251 g/mol. The topological polar surface area (TPSA) is 81.8 Å². The van der Waals surface area contributed by atoms with Gasteiger partial charge in [-0.15, -0.1) is 0 Å². The first kappa shape index (κ1) is 11.1. The number of benzene rings is 1. The highest BCUT2D eigenvalue weighted by Gasteiger charge is 2.35. The van der Waals surface area contributed by atoms with Crippen molar-refractivity contribution in [2.45, 2.75) is 25.7 Å². The Morgan fingerprint density at radius 2 is 1.67 bits per heavy atom. The van der Waals surface area contributed by atoms with E-state index in [1.807, 2.05) is 0 Å². The van der Waals surface area contributed by atoms with Crippen LogP contribution in [0.4, 0.5) is 5.69 Å². The minimum Gasteiger partial charge on any atom is -0.504 e. The molecule has 0 saturated carbocycles. The van der Waals surface area contributed by atoms with Crippen molar-refractivity contribution in [3.05, 3.63) is 21.2 Å². The molecule has 0 atom stereocenters. The molecule has 0 fully saturated rings. The first-order valence-corrected chi connectivity index (χ1v) is 6.01. The molecule has 0 aliphatic carbocycles. The second-order valence-electron chi connectivity index (χ2n) is 4.47. The van der Waals surface area contributed by atoms with Gasteiger partial charge in [0.25, 0.3) is 0 Å². The molecule has 3 rings (SSSR count). The lowest BCUT2D eigenvalue weighted by atomic mass is 9.95. The Bertz CT molecular complexity index is 489. The Balaban J connectivity index is 2.31. The number of aromatic hydroxyl groups is 1. The molecule has 0 saturated heterocycles. The molecule has 0 bridgehead atoms. The fraction of sp³-hybridized carbons (Fsp3) is 0.500. The van der Waals surface area contributed by atoms with Crippen molar-refractivity contribution in [2.24, 2.45) is 0 Å². The summed E-state index contributed by atoms with van der Waals surface area (Å²) in [5.74, 6) is 0.523. The molecule has 6 heteroatoms. The first-order chi connectivity index (χ1) is 8.70. The average molecular weight is 251 g/mol. The van der Waals surface area contributed by atoms with Gasteiger partial charge < -0.3 is 14.6 Å². The number of phenols is 1. The van der Waals surface area contributed by atoms with E-state index in [2.05, 4.69) is 0 Å². The minimum atomic E-state index is -0.433. The summed E-state index contributed by atoms with van der Waals surface area (Å²) in [7, 11) is 0. The maximum Gasteiger partial charge on any atom is 0.318 e. The maximum absolute atomic E-state index is 11.2. The quantitative estimate of drug-likeness (QED) is 0.609. The Kier molecular flexibility index (Phi) is 2.50. The molecule has 1 N–H and O–H groups in total. The number of nitro groups is 1. The lowest BCUT2D eigenvalue weighted by molar-refractivity contribution is -0.386. The van der Waals surface area contributed by atoms with Gasteiger partial charge in [-0.2, -0.15) is 0 Å². The van der Waals surface area contributed by atoms with Crippen LogP contribution in [0, 0.1) is 10.1 Å². The summed E-state index contributed by atoms with van der Waals surface area (Å²) in [6.45, 7) is 0.935. The van der Waals surface area contributed by atoms with Gasteiger partial charge in [0.05, 0.1) is 23.7 Å². The molecule has 0 amide bonds. The number of nitrogens with zero attached hydrogens (tertiary/aromatic N) is 1. The van der Waals surface area contributed by atoms with Gasteiger partial charge in [-0.25, -0.2) is 0 Å². The number of hydrogen-bond acceptors (Lipinski definition) is 5. The van der Waals surface area contributed by atoms with E-state index in [1.54, 1.807) is 0 Å². The van der Waals surface area contributed by atoms with Gasteiger partial charge in [-0.05, 0) is 25.7 Å². The number of ether oxygens (including phenoxy) is 2. The van der Waals surface area contributed by atoms with Gasteiger partial charge in [-0.1, -0.05) is 0 Å². The van der Waals surface area contributed by atoms with Crippen LogP contribution in [0.25, 0.3) is 0 Å². The summed E-state index contributed by atoms with van der Waals surface area (Å²) in [6.07, 6.45) is 2.58. The maximum atomic E-state index is 11.2. The van der Waals surface area contributed by atoms with Crippen LogP contribution in [-0.2, 0) is 12.8 Å².